The maximum atomic E-state index is 12.3. The molecule has 6 heteroatoms. The van der Waals surface area contributed by atoms with Crippen molar-refractivity contribution in [1.29, 1.82) is 0 Å². The van der Waals surface area contributed by atoms with Crippen LogP contribution in [0.25, 0.3) is 0 Å². The second kappa shape index (κ2) is 10.8. The molecule has 1 aromatic rings. The van der Waals surface area contributed by atoms with E-state index in [2.05, 4.69) is 10.6 Å². The molecule has 2 amide bonds. The Hall–Kier alpha value is -2.08. The molecule has 1 saturated carbocycles. The van der Waals surface area contributed by atoms with Crippen LogP contribution in [0.15, 0.2) is 30.3 Å². The van der Waals surface area contributed by atoms with E-state index in [4.69, 9.17) is 5.11 Å². The highest BCUT2D eigenvalue weighted by Gasteiger charge is 2.22. The predicted octanol–water partition coefficient (Wildman–Crippen LogP) is 2.56. The van der Waals surface area contributed by atoms with Crippen LogP contribution < -0.4 is 10.6 Å². The normalized spacial score (nSPS) is 21.0. The van der Waals surface area contributed by atoms with Crippen LogP contribution in [-0.2, 0) is 11.2 Å². The number of carboxylic acids is 1. The van der Waals surface area contributed by atoms with Crippen LogP contribution in [0.4, 0.5) is 4.79 Å². The van der Waals surface area contributed by atoms with Gasteiger partial charge in [-0.05, 0) is 49.5 Å². The Morgan fingerprint density at radius 2 is 1.88 bits per heavy atom. The number of aliphatic carboxylic acids is 1. The summed E-state index contributed by atoms with van der Waals surface area (Å²) in [6.45, 7) is 0.816. The SMILES string of the molecule is O=C(O)CCC(Cc1ccccc1)NC(=O)NC[C@H]1CCC[C@@H](CO)C1. The van der Waals surface area contributed by atoms with Gasteiger partial charge in [-0.1, -0.05) is 36.8 Å². The molecule has 1 fully saturated rings. The number of benzene rings is 1. The molecule has 2 rings (SSSR count). The van der Waals surface area contributed by atoms with E-state index in [0.29, 0.717) is 31.2 Å². The summed E-state index contributed by atoms with van der Waals surface area (Å²) in [5, 5.41) is 24.1. The molecule has 0 saturated heterocycles. The van der Waals surface area contributed by atoms with Crippen molar-refractivity contribution in [3.63, 3.8) is 0 Å². The Kier molecular flexibility index (Phi) is 8.41. The van der Waals surface area contributed by atoms with Crippen molar-refractivity contribution >= 4 is 12.0 Å². The second-order valence-corrected chi connectivity index (χ2v) is 7.25. The molecule has 0 radical (unpaired) electrons. The third-order valence-electron chi connectivity index (χ3n) is 5.07. The minimum absolute atomic E-state index is 0.0264. The van der Waals surface area contributed by atoms with Crippen LogP contribution in [0.1, 0.15) is 44.1 Å². The molecule has 4 N–H and O–H groups in total. The first-order valence-electron chi connectivity index (χ1n) is 9.47. The zero-order chi connectivity index (χ0) is 18.8. The van der Waals surface area contributed by atoms with Crippen molar-refractivity contribution in [2.24, 2.45) is 11.8 Å². The molecule has 1 unspecified atom stereocenters. The molecule has 1 aromatic carbocycles. The number of urea groups is 1. The third kappa shape index (κ3) is 7.44. The maximum absolute atomic E-state index is 12.3. The van der Waals surface area contributed by atoms with Crippen LogP contribution in [0.3, 0.4) is 0 Å². The minimum atomic E-state index is -0.859. The van der Waals surface area contributed by atoms with Gasteiger partial charge in [-0.2, -0.15) is 0 Å². The number of rotatable bonds is 9. The lowest BCUT2D eigenvalue weighted by atomic mass is 9.82. The molecule has 0 aromatic heterocycles. The van der Waals surface area contributed by atoms with Gasteiger partial charge in [0.05, 0.1) is 0 Å². The monoisotopic (exact) mass is 362 g/mol. The van der Waals surface area contributed by atoms with E-state index in [0.717, 1.165) is 31.2 Å². The number of amides is 2. The first-order chi connectivity index (χ1) is 12.6. The number of aliphatic hydroxyl groups is 1. The summed E-state index contributed by atoms with van der Waals surface area (Å²) in [5.41, 5.74) is 1.07. The molecule has 3 atom stereocenters. The van der Waals surface area contributed by atoms with Crippen LogP contribution in [-0.4, -0.2) is 41.4 Å². The molecule has 1 aliphatic carbocycles. The van der Waals surface area contributed by atoms with Gasteiger partial charge in [-0.3, -0.25) is 4.79 Å². The number of carbonyl (C=O) groups excluding carboxylic acids is 1. The zero-order valence-electron chi connectivity index (χ0n) is 15.2. The lowest BCUT2D eigenvalue weighted by Gasteiger charge is -2.28. The Bertz CT molecular complexity index is 564. The molecule has 0 heterocycles. The predicted molar refractivity (Wildman–Crippen MR) is 99.9 cm³/mol. The Morgan fingerprint density at radius 3 is 2.58 bits per heavy atom. The molecule has 144 valence electrons. The topological polar surface area (TPSA) is 98.7 Å². The number of hydrogen-bond acceptors (Lipinski definition) is 3. The Morgan fingerprint density at radius 1 is 1.15 bits per heavy atom. The molecular weight excluding hydrogens is 332 g/mol. The van der Waals surface area contributed by atoms with Crippen molar-refractivity contribution in [3.05, 3.63) is 35.9 Å². The summed E-state index contributed by atoms with van der Waals surface area (Å²) in [5.74, 6) is -0.110. The van der Waals surface area contributed by atoms with Gasteiger partial charge in [0.2, 0.25) is 0 Å². The lowest BCUT2D eigenvalue weighted by molar-refractivity contribution is -0.137. The lowest BCUT2D eigenvalue weighted by Crippen LogP contribution is -2.45. The summed E-state index contributed by atoms with van der Waals surface area (Å²) < 4.78 is 0. The van der Waals surface area contributed by atoms with E-state index in [9.17, 15) is 14.7 Å². The van der Waals surface area contributed by atoms with E-state index in [1.165, 1.54) is 0 Å². The average molecular weight is 362 g/mol. The van der Waals surface area contributed by atoms with Gasteiger partial charge in [0.25, 0.3) is 0 Å². The summed E-state index contributed by atoms with van der Waals surface area (Å²) in [4.78, 5) is 23.1. The highest BCUT2D eigenvalue weighted by Crippen LogP contribution is 2.28. The summed E-state index contributed by atoms with van der Waals surface area (Å²) >= 11 is 0. The quantitative estimate of drug-likeness (QED) is 0.542. The number of carboxylic acid groups (broad SMARTS) is 1. The fourth-order valence-corrected chi connectivity index (χ4v) is 3.65. The minimum Gasteiger partial charge on any atom is -0.481 e. The van der Waals surface area contributed by atoms with Crippen molar-refractivity contribution in [3.8, 4) is 0 Å². The summed E-state index contributed by atoms with van der Waals surface area (Å²) in [7, 11) is 0. The highest BCUT2D eigenvalue weighted by atomic mass is 16.4. The fourth-order valence-electron chi connectivity index (χ4n) is 3.65. The van der Waals surface area contributed by atoms with Crippen molar-refractivity contribution in [2.45, 2.75) is 51.0 Å². The number of nitrogens with one attached hydrogen (secondary N) is 2. The maximum Gasteiger partial charge on any atom is 0.315 e. The van der Waals surface area contributed by atoms with E-state index >= 15 is 0 Å². The summed E-state index contributed by atoms with van der Waals surface area (Å²) in [6, 6.07) is 9.29. The van der Waals surface area contributed by atoms with Gasteiger partial charge < -0.3 is 20.8 Å². The van der Waals surface area contributed by atoms with Crippen molar-refractivity contribution in [2.75, 3.05) is 13.2 Å². The molecule has 0 spiro atoms. The molecule has 26 heavy (non-hydrogen) atoms. The second-order valence-electron chi connectivity index (χ2n) is 7.25. The molecular formula is C20H30N2O4. The van der Waals surface area contributed by atoms with Gasteiger partial charge in [0.1, 0.15) is 0 Å². The third-order valence-corrected chi connectivity index (χ3v) is 5.07. The van der Waals surface area contributed by atoms with Gasteiger partial charge in [-0.25, -0.2) is 4.79 Å². The Labute approximate surface area is 155 Å². The Balaban J connectivity index is 1.81. The van der Waals surface area contributed by atoms with Crippen LogP contribution in [0, 0.1) is 11.8 Å². The molecule has 0 aliphatic heterocycles. The van der Waals surface area contributed by atoms with Gasteiger partial charge in [-0.15, -0.1) is 0 Å². The van der Waals surface area contributed by atoms with Crippen LogP contribution in [0.5, 0.6) is 0 Å². The standard InChI is InChI=1S/C20H30N2O4/c23-14-17-8-4-7-16(11-17)13-21-20(26)22-18(9-10-19(24)25)12-15-5-2-1-3-6-15/h1-3,5-6,16-18,23H,4,7-14H2,(H,24,25)(H2,21,22,26)/t16-,17+,18?/m0/s1. The highest BCUT2D eigenvalue weighted by molar-refractivity contribution is 5.74. The van der Waals surface area contributed by atoms with E-state index < -0.39 is 5.97 Å². The summed E-state index contributed by atoms with van der Waals surface area (Å²) in [6.07, 6.45) is 5.21. The molecule has 1 aliphatic rings. The zero-order valence-corrected chi connectivity index (χ0v) is 15.2. The van der Waals surface area contributed by atoms with Gasteiger partial charge in [0.15, 0.2) is 0 Å². The first-order valence-corrected chi connectivity index (χ1v) is 9.47. The van der Waals surface area contributed by atoms with Gasteiger partial charge in [0, 0.05) is 25.6 Å². The fraction of sp³-hybridized carbons (Fsp3) is 0.600. The van der Waals surface area contributed by atoms with E-state index in [-0.39, 0.29) is 25.1 Å². The smallest absolute Gasteiger partial charge is 0.315 e. The number of aliphatic hydroxyl groups excluding tert-OH is 1. The average Bonchev–Trinajstić information content (AvgIpc) is 2.65. The van der Waals surface area contributed by atoms with Crippen molar-refractivity contribution < 1.29 is 19.8 Å². The number of hydrogen-bond donors (Lipinski definition) is 4. The largest absolute Gasteiger partial charge is 0.481 e. The van der Waals surface area contributed by atoms with Crippen LogP contribution in [0.2, 0.25) is 0 Å². The van der Waals surface area contributed by atoms with Crippen molar-refractivity contribution in [1.82, 2.24) is 10.6 Å². The molecule has 6 nitrogen and oxygen atoms in total. The first kappa shape index (κ1) is 20.2. The molecule has 0 bridgehead atoms. The van der Waals surface area contributed by atoms with Crippen LogP contribution >= 0.6 is 0 Å². The number of carbonyl (C=O) groups is 2. The van der Waals surface area contributed by atoms with E-state index in [1.54, 1.807) is 0 Å². The van der Waals surface area contributed by atoms with E-state index in [1.807, 2.05) is 30.3 Å². The van der Waals surface area contributed by atoms with Gasteiger partial charge >= 0.3 is 12.0 Å².